The number of terminal acetylenes is 1. The summed E-state index contributed by atoms with van der Waals surface area (Å²) in [7, 11) is -1.35. The standard InChI is InChI=1S/C7H12NO2P/c1-3-7-4-5-11(9,10)8(2)6-7/h1,7H,4-6H2,2H3,(H,9,10). The lowest BCUT2D eigenvalue weighted by Crippen LogP contribution is -2.29. The summed E-state index contributed by atoms with van der Waals surface area (Å²) in [4.78, 5) is 9.27. The molecule has 62 valence electrons. The van der Waals surface area contributed by atoms with Crippen molar-refractivity contribution in [3.8, 4) is 12.3 Å². The average Bonchev–Trinajstić information content (AvgIpc) is 1.95. The fourth-order valence-corrected chi connectivity index (χ4v) is 2.61. The van der Waals surface area contributed by atoms with Crippen LogP contribution < -0.4 is 0 Å². The summed E-state index contributed by atoms with van der Waals surface area (Å²) in [5.41, 5.74) is 0. The van der Waals surface area contributed by atoms with Crippen molar-refractivity contribution in [2.24, 2.45) is 5.92 Å². The van der Waals surface area contributed by atoms with Crippen molar-refractivity contribution in [2.45, 2.75) is 6.42 Å². The SMILES string of the molecule is C#CC1CCP(=O)(O)N(C)C1. The molecule has 1 rings (SSSR count). The van der Waals surface area contributed by atoms with E-state index in [-0.39, 0.29) is 5.92 Å². The van der Waals surface area contributed by atoms with E-state index in [1.54, 1.807) is 7.05 Å². The topological polar surface area (TPSA) is 40.5 Å². The molecule has 1 aliphatic heterocycles. The van der Waals surface area contributed by atoms with Gasteiger partial charge in [0.1, 0.15) is 0 Å². The monoisotopic (exact) mass is 173 g/mol. The quantitative estimate of drug-likeness (QED) is 0.434. The minimum absolute atomic E-state index is 0.147. The number of rotatable bonds is 0. The van der Waals surface area contributed by atoms with Crippen LogP contribution in [0, 0.1) is 18.3 Å². The number of nitrogens with zero attached hydrogens (tertiary/aromatic N) is 1. The second-order valence-corrected chi connectivity index (χ2v) is 5.34. The van der Waals surface area contributed by atoms with E-state index in [1.807, 2.05) is 0 Å². The van der Waals surface area contributed by atoms with Crippen molar-refractivity contribution in [2.75, 3.05) is 19.8 Å². The Morgan fingerprint density at radius 2 is 2.45 bits per heavy atom. The van der Waals surface area contributed by atoms with E-state index >= 15 is 0 Å². The Bertz CT molecular complexity index is 233. The summed E-state index contributed by atoms with van der Waals surface area (Å²) in [6.45, 7) is 0.546. The van der Waals surface area contributed by atoms with Crippen LogP contribution in [0.1, 0.15) is 6.42 Å². The third kappa shape index (κ3) is 1.84. The molecule has 0 amide bonds. The molecule has 11 heavy (non-hydrogen) atoms. The Balaban J connectivity index is 2.64. The van der Waals surface area contributed by atoms with Gasteiger partial charge in [-0.1, -0.05) is 0 Å². The Morgan fingerprint density at radius 1 is 1.82 bits per heavy atom. The van der Waals surface area contributed by atoms with Gasteiger partial charge in [-0.05, 0) is 13.5 Å². The van der Waals surface area contributed by atoms with Crippen molar-refractivity contribution < 1.29 is 9.46 Å². The largest absolute Gasteiger partial charge is 0.333 e. The maximum Gasteiger partial charge on any atom is 0.269 e. The minimum Gasteiger partial charge on any atom is -0.333 e. The molecule has 2 atom stereocenters. The van der Waals surface area contributed by atoms with Crippen LogP contribution in [0.25, 0.3) is 0 Å². The summed E-state index contributed by atoms with van der Waals surface area (Å²) >= 11 is 0. The molecule has 0 spiro atoms. The van der Waals surface area contributed by atoms with Crippen LogP contribution in [0.4, 0.5) is 0 Å². The van der Waals surface area contributed by atoms with Crippen molar-refractivity contribution in [1.29, 1.82) is 0 Å². The highest BCUT2D eigenvalue weighted by Gasteiger charge is 2.31. The molecule has 1 heterocycles. The summed E-state index contributed by atoms with van der Waals surface area (Å²) in [6.07, 6.45) is 6.21. The molecule has 3 nitrogen and oxygen atoms in total. The van der Waals surface area contributed by atoms with Gasteiger partial charge in [-0.2, -0.15) is 0 Å². The summed E-state index contributed by atoms with van der Waals surface area (Å²) < 4.78 is 12.7. The predicted octanol–water partition coefficient (Wildman–Crippen LogP) is 0.757. The molecule has 0 saturated carbocycles. The molecule has 1 fully saturated rings. The van der Waals surface area contributed by atoms with Gasteiger partial charge in [-0.3, -0.25) is 4.57 Å². The van der Waals surface area contributed by atoms with E-state index in [9.17, 15) is 9.46 Å². The smallest absolute Gasteiger partial charge is 0.269 e. The highest BCUT2D eigenvalue weighted by Crippen LogP contribution is 2.48. The Kier molecular flexibility index (Phi) is 2.39. The molecule has 0 bridgehead atoms. The van der Waals surface area contributed by atoms with Crippen LogP contribution in [0.2, 0.25) is 0 Å². The lowest BCUT2D eigenvalue weighted by molar-refractivity contribution is 0.331. The Morgan fingerprint density at radius 3 is 2.91 bits per heavy atom. The molecule has 0 aromatic carbocycles. The first-order valence-electron chi connectivity index (χ1n) is 3.56. The van der Waals surface area contributed by atoms with E-state index in [0.717, 1.165) is 0 Å². The van der Waals surface area contributed by atoms with Crippen LogP contribution >= 0.6 is 7.52 Å². The molecule has 1 N–H and O–H groups in total. The molecule has 0 radical (unpaired) electrons. The fourth-order valence-electron chi connectivity index (χ4n) is 1.17. The number of hydrogen-bond acceptors (Lipinski definition) is 1. The molecular weight excluding hydrogens is 161 g/mol. The summed E-state index contributed by atoms with van der Waals surface area (Å²) in [6, 6.07) is 0. The first-order chi connectivity index (χ1) is 5.06. The van der Waals surface area contributed by atoms with Gasteiger partial charge in [0.05, 0.1) is 0 Å². The highest BCUT2D eigenvalue weighted by atomic mass is 31.2. The first-order valence-corrected chi connectivity index (χ1v) is 5.35. The van der Waals surface area contributed by atoms with E-state index in [2.05, 4.69) is 5.92 Å². The molecule has 4 heteroatoms. The van der Waals surface area contributed by atoms with Crippen LogP contribution in [-0.2, 0) is 4.57 Å². The highest BCUT2D eigenvalue weighted by molar-refractivity contribution is 7.55. The maximum atomic E-state index is 11.2. The molecule has 2 unspecified atom stereocenters. The molecule has 1 aliphatic rings. The van der Waals surface area contributed by atoms with Crippen molar-refractivity contribution in [3.63, 3.8) is 0 Å². The zero-order valence-corrected chi connectivity index (χ0v) is 7.42. The molecule has 0 aromatic rings. The van der Waals surface area contributed by atoms with Gasteiger partial charge in [-0.25, -0.2) is 4.67 Å². The summed E-state index contributed by atoms with van der Waals surface area (Å²) in [5.74, 6) is 2.75. The Labute approximate surface area is 66.9 Å². The second kappa shape index (κ2) is 2.98. The van der Waals surface area contributed by atoms with Gasteiger partial charge in [0, 0.05) is 18.6 Å². The van der Waals surface area contributed by atoms with Gasteiger partial charge >= 0.3 is 0 Å². The lowest BCUT2D eigenvalue weighted by Gasteiger charge is -2.30. The van der Waals surface area contributed by atoms with Crippen molar-refractivity contribution >= 4 is 7.52 Å². The second-order valence-electron chi connectivity index (χ2n) is 2.88. The van der Waals surface area contributed by atoms with E-state index in [1.165, 1.54) is 4.67 Å². The van der Waals surface area contributed by atoms with Gasteiger partial charge < -0.3 is 4.89 Å². The number of hydrogen-bond donors (Lipinski definition) is 1. The van der Waals surface area contributed by atoms with Crippen molar-refractivity contribution in [1.82, 2.24) is 4.67 Å². The molecule has 0 aliphatic carbocycles. The van der Waals surface area contributed by atoms with Crippen LogP contribution in [0.5, 0.6) is 0 Å². The first kappa shape index (κ1) is 8.80. The minimum atomic E-state index is -2.99. The van der Waals surface area contributed by atoms with Gasteiger partial charge in [-0.15, -0.1) is 12.3 Å². The maximum absolute atomic E-state index is 11.2. The van der Waals surface area contributed by atoms with E-state index in [0.29, 0.717) is 19.1 Å². The molecule has 0 aromatic heterocycles. The van der Waals surface area contributed by atoms with Crippen LogP contribution in [0.15, 0.2) is 0 Å². The predicted molar refractivity (Wildman–Crippen MR) is 44.3 cm³/mol. The fraction of sp³-hybridized carbons (Fsp3) is 0.714. The molecular formula is C7H12NO2P. The zero-order valence-electron chi connectivity index (χ0n) is 6.53. The normalized spacial score (nSPS) is 39.9. The van der Waals surface area contributed by atoms with E-state index in [4.69, 9.17) is 6.42 Å². The molecule has 1 saturated heterocycles. The van der Waals surface area contributed by atoms with Crippen LogP contribution in [0.3, 0.4) is 0 Å². The third-order valence-corrected chi connectivity index (χ3v) is 4.09. The van der Waals surface area contributed by atoms with E-state index < -0.39 is 7.52 Å². The lowest BCUT2D eigenvalue weighted by atomic mass is 10.1. The average molecular weight is 173 g/mol. The Hall–Kier alpha value is -0.290. The zero-order chi connectivity index (χ0) is 8.48. The van der Waals surface area contributed by atoms with Gasteiger partial charge in [0.15, 0.2) is 0 Å². The third-order valence-electron chi connectivity index (χ3n) is 2.02. The van der Waals surface area contributed by atoms with Crippen molar-refractivity contribution in [3.05, 3.63) is 0 Å². The summed E-state index contributed by atoms with van der Waals surface area (Å²) in [5, 5.41) is 0. The van der Waals surface area contributed by atoms with Gasteiger partial charge in [0.25, 0.3) is 7.52 Å². The van der Waals surface area contributed by atoms with Gasteiger partial charge in [0.2, 0.25) is 0 Å². The van der Waals surface area contributed by atoms with Crippen LogP contribution in [-0.4, -0.2) is 29.3 Å².